The summed E-state index contributed by atoms with van der Waals surface area (Å²) in [7, 11) is 0. The van der Waals surface area contributed by atoms with Crippen molar-refractivity contribution in [2.24, 2.45) is 0 Å². The second kappa shape index (κ2) is 6.02. The maximum atomic E-state index is 11.8. The predicted molar refractivity (Wildman–Crippen MR) is 66.4 cm³/mol. The maximum Gasteiger partial charge on any atom is 0.287 e. The van der Waals surface area contributed by atoms with Crippen LogP contribution >= 0.6 is 23.2 Å². The van der Waals surface area contributed by atoms with Gasteiger partial charge in [-0.15, -0.1) is 0 Å². The number of halogens is 2. The molecule has 1 rings (SSSR count). The van der Waals surface area contributed by atoms with Gasteiger partial charge in [0.25, 0.3) is 5.56 Å². The first-order valence-electron chi connectivity index (χ1n) is 5.20. The van der Waals surface area contributed by atoms with Crippen molar-refractivity contribution in [2.75, 3.05) is 13.1 Å². The normalized spacial score (nSPS) is 10.4. The maximum absolute atomic E-state index is 11.8. The number of hydrogen-bond acceptors (Lipinski definition) is 3. The van der Waals surface area contributed by atoms with Gasteiger partial charge in [0.2, 0.25) is 5.91 Å². The van der Waals surface area contributed by atoms with E-state index in [0.29, 0.717) is 13.1 Å². The standard InChI is InChI=1S/C10H13Cl2N3O2/c1-3-14(4-2)8(16)6-15-10(17)9(12)7(11)5-13-15/h5H,3-4,6H2,1-2H3. The molecule has 0 aliphatic rings. The first-order valence-corrected chi connectivity index (χ1v) is 5.95. The summed E-state index contributed by atoms with van der Waals surface area (Å²) in [6.07, 6.45) is 1.25. The molecule has 1 heterocycles. The van der Waals surface area contributed by atoms with Crippen molar-refractivity contribution < 1.29 is 4.79 Å². The van der Waals surface area contributed by atoms with E-state index >= 15 is 0 Å². The van der Waals surface area contributed by atoms with Gasteiger partial charge in [-0.3, -0.25) is 9.59 Å². The van der Waals surface area contributed by atoms with E-state index in [1.165, 1.54) is 6.20 Å². The minimum Gasteiger partial charge on any atom is -0.342 e. The Morgan fingerprint density at radius 3 is 2.53 bits per heavy atom. The number of hydrogen-bond donors (Lipinski definition) is 0. The van der Waals surface area contributed by atoms with Crippen LogP contribution in [0.1, 0.15) is 13.8 Å². The van der Waals surface area contributed by atoms with Gasteiger partial charge in [-0.1, -0.05) is 23.2 Å². The summed E-state index contributed by atoms with van der Waals surface area (Å²) in [5.74, 6) is -0.178. The van der Waals surface area contributed by atoms with E-state index in [0.717, 1.165) is 4.68 Å². The van der Waals surface area contributed by atoms with Crippen molar-refractivity contribution in [3.05, 3.63) is 26.6 Å². The summed E-state index contributed by atoms with van der Waals surface area (Å²) in [4.78, 5) is 25.0. The molecule has 0 N–H and O–H groups in total. The van der Waals surface area contributed by atoms with Crippen LogP contribution in [0.25, 0.3) is 0 Å². The molecule has 0 aromatic carbocycles. The van der Waals surface area contributed by atoms with Gasteiger partial charge in [-0.2, -0.15) is 5.10 Å². The molecule has 0 radical (unpaired) electrons. The number of nitrogens with zero attached hydrogens (tertiary/aromatic N) is 3. The Balaban J connectivity index is 2.93. The molecular formula is C10H13Cl2N3O2. The Labute approximate surface area is 109 Å². The van der Waals surface area contributed by atoms with Crippen LogP contribution < -0.4 is 5.56 Å². The van der Waals surface area contributed by atoms with Crippen LogP contribution in [-0.4, -0.2) is 33.7 Å². The molecule has 0 aliphatic carbocycles. The fraction of sp³-hybridized carbons (Fsp3) is 0.500. The van der Waals surface area contributed by atoms with E-state index in [1.807, 2.05) is 13.8 Å². The molecule has 17 heavy (non-hydrogen) atoms. The highest BCUT2D eigenvalue weighted by atomic mass is 35.5. The van der Waals surface area contributed by atoms with E-state index < -0.39 is 5.56 Å². The highest BCUT2D eigenvalue weighted by molar-refractivity contribution is 6.41. The lowest BCUT2D eigenvalue weighted by atomic mass is 10.4. The number of amides is 1. The minimum absolute atomic E-state index is 0.0863. The molecule has 5 nitrogen and oxygen atoms in total. The molecule has 94 valence electrons. The van der Waals surface area contributed by atoms with Gasteiger partial charge in [0.1, 0.15) is 11.6 Å². The van der Waals surface area contributed by atoms with E-state index in [4.69, 9.17) is 23.2 Å². The van der Waals surface area contributed by atoms with Gasteiger partial charge >= 0.3 is 0 Å². The first-order chi connectivity index (χ1) is 8.01. The summed E-state index contributed by atoms with van der Waals surface area (Å²) < 4.78 is 1.01. The molecule has 1 aromatic rings. The summed E-state index contributed by atoms with van der Waals surface area (Å²) in [5, 5.41) is 3.74. The summed E-state index contributed by atoms with van der Waals surface area (Å²) in [6, 6.07) is 0. The largest absolute Gasteiger partial charge is 0.342 e. The van der Waals surface area contributed by atoms with Gasteiger partial charge in [0.05, 0.1) is 11.2 Å². The van der Waals surface area contributed by atoms with Crippen LogP contribution in [-0.2, 0) is 11.3 Å². The van der Waals surface area contributed by atoms with Crippen molar-refractivity contribution in [1.29, 1.82) is 0 Å². The lowest BCUT2D eigenvalue weighted by Gasteiger charge is -2.18. The zero-order chi connectivity index (χ0) is 13.0. The van der Waals surface area contributed by atoms with Gasteiger partial charge in [-0.05, 0) is 13.8 Å². The number of carbonyl (C=O) groups is 1. The van der Waals surface area contributed by atoms with Crippen molar-refractivity contribution in [1.82, 2.24) is 14.7 Å². The molecule has 1 amide bonds. The lowest BCUT2D eigenvalue weighted by Crippen LogP contribution is -2.37. The van der Waals surface area contributed by atoms with Crippen LogP contribution in [0.4, 0.5) is 0 Å². The number of rotatable bonds is 4. The Bertz CT molecular complexity index is 469. The number of likely N-dealkylation sites (N-methyl/N-ethyl adjacent to an activating group) is 1. The molecule has 0 spiro atoms. The number of carbonyl (C=O) groups excluding carboxylic acids is 1. The van der Waals surface area contributed by atoms with Gasteiger partial charge in [0, 0.05) is 13.1 Å². The first kappa shape index (κ1) is 14.0. The van der Waals surface area contributed by atoms with Crippen molar-refractivity contribution in [3.63, 3.8) is 0 Å². The second-order valence-corrected chi connectivity index (χ2v) is 4.12. The molecule has 0 fully saturated rings. The Kier molecular flexibility index (Phi) is 4.96. The molecular weight excluding hydrogens is 265 g/mol. The summed E-state index contributed by atoms with van der Waals surface area (Å²) in [5.41, 5.74) is -0.556. The Morgan fingerprint density at radius 2 is 2.00 bits per heavy atom. The van der Waals surface area contributed by atoms with Crippen LogP contribution in [0.15, 0.2) is 11.0 Å². The molecule has 0 atom stereocenters. The molecule has 0 bridgehead atoms. The SMILES string of the molecule is CCN(CC)C(=O)Cn1ncc(Cl)c(Cl)c1=O. The number of aromatic nitrogens is 2. The zero-order valence-electron chi connectivity index (χ0n) is 9.61. The average molecular weight is 278 g/mol. The van der Waals surface area contributed by atoms with E-state index in [1.54, 1.807) is 4.90 Å². The van der Waals surface area contributed by atoms with Crippen molar-refractivity contribution in [2.45, 2.75) is 20.4 Å². The third kappa shape index (κ3) is 3.20. The smallest absolute Gasteiger partial charge is 0.287 e. The van der Waals surface area contributed by atoms with Gasteiger partial charge < -0.3 is 4.90 Å². The highest BCUT2D eigenvalue weighted by Gasteiger charge is 2.14. The Hall–Kier alpha value is -1.07. The fourth-order valence-corrected chi connectivity index (χ4v) is 1.63. The molecule has 1 aromatic heterocycles. The monoisotopic (exact) mass is 277 g/mol. The minimum atomic E-state index is -0.556. The van der Waals surface area contributed by atoms with Crippen LogP contribution in [0, 0.1) is 0 Å². The second-order valence-electron chi connectivity index (χ2n) is 3.34. The Morgan fingerprint density at radius 1 is 1.41 bits per heavy atom. The van der Waals surface area contributed by atoms with Gasteiger partial charge in [0.15, 0.2) is 0 Å². The average Bonchev–Trinajstić information content (AvgIpc) is 2.31. The topological polar surface area (TPSA) is 55.2 Å². The van der Waals surface area contributed by atoms with Crippen LogP contribution in [0.2, 0.25) is 10.0 Å². The highest BCUT2D eigenvalue weighted by Crippen LogP contribution is 2.14. The predicted octanol–water partition coefficient (Wildman–Crippen LogP) is 1.42. The quantitative estimate of drug-likeness (QED) is 0.837. The van der Waals surface area contributed by atoms with E-state index in [2.05, 4.69) is 5.10 Å². The summed E-state index contributed by atoms with van der Waals surface area (Å²) in [6.45, 7) is 4.78. The zero-order valence-corrected chi connectivity index (χ0v) is 11.1. The molecule has 0 saturated heterocycles. The van der Waals surface area contributed by atoms with Crippen LogP contribution in [0.3, 0.4) is 0 Å². The van der Waals surface area contributed by atoms with E-state index in [-0.39, 0.29) is 22.5 Å². The molecule has 7 heteroatoms. The van der Waals surface area contributed by atoms with Gasteiger partial charge in [-0.25, -0.2) is 4.68 Å². The fourth-order valence-electron chi connectivity index (χ4n) is 1.36. The van der Waals surface area contributed by atoms with Crippen LogP contribution in [0.5, 0.6) is 0 Å². The third-order valence-corrected chi connectivity index (χ3v) is 3.09. The third-order valence-electron chi connectivity index (χ3n) is 2.34. The van der Waals surface area contributed by atoms with Crippen molar-refractivity contribution >= 4 is 29.1 Å². The molecule has 0 unspecified atom stereocenters. The van der Waals surface area contributed by atoms with Crippen molar-refractivity contribution in [3.8, 4) is 0 Å². The lowest BCUT2D eigenvalue weighted by molar-refractivity contribution is -0.131. The summed E-state index contributed by atoms with van der Waals surface area (Å²) >= 11 is 11.3. The molecule has 0 aliphatic heterocycles. The van der Waals surface area contributed by atoms with E-state index in [9.17, 15) is 9.59 Å². The molecule has 0 saturated carbocycles.